The van der Waals surface area contributed by atoms with Crippen molar-refractivity contribution in [2.75, 3.05) is 18.0 Å². The SMILES string of the molecule is Cn1ccnc1C(=O)N1C[C@@H](F)C[C@H]1Cn1cc(C(=O)N2CCc3ccccc32)nn1. The van der Waals surface area contributed by atoms with E-state index in [1.165, 1.54) is 15.8 Å². The molecular weight excluding hydrogens is 401 g/mol. The topological polar surface area (TPSA) is 89.2 Å². The van der Waals surface area contributed by atoms with E-state index in [0.717, 1.165) is 17.7 Å². The molecule has 9 nitrogen and oxygen atoms in total. The highest BCUT2D eigenvalue weighted by atomic mass is 19.1. The molecule has 0 aliphatic carbocycles. The maximum Gasteiger partial charge on any atom is 0.290 e. The Morgan fingerprint density at radius 2 is 2.06 bits per heavy atom. The lowest BCUT2D eigenvalue weighted by molar-refractivity contribution is 0.0698. The summed E-state index contributed by atoms with van der Waals surface area (Å²) in [7, 11) is 1.73. The third kappa shape index (κ3) is 3.47. The first-order chi connectivity index (χ1) is 15.0. The van der Waals surface area contributed by atoms with Crippen molar-refractivity contribution < 1.29 is 14.0 Å². The van der Waals surface area contributed by atoms with Crippen molar-refractivity contribution >= 4 is 17.5 Å². The highest BCUT2D eigenvalue weighted by molar-refractivity contribution is 6.05. The van der Waals surface area contributed by atoms with Crippen LogP contribution in [-0.2, 0) is 20.0 Å². The Balaban J connectivity index is 1.31. The van der Waals surface area contributed by atoms with Gasteiger partial charge in [-0.15, -0.1) is 5.10 Å². The number of hydrogen-bond donors (Lipinski definition) is 0. The van der Waals surface area contributed by atoms with Crippen LogP contribution < -0.4 is 4.90 Å². The second kappa shape index (κ2) is 7.60. The number of aryl methyl sites for hydroxylation is 1. The Morgan fingerprint density at radius 1 is 1.23 bits per heavy atom. The number of anilines is 1. The van der Waals surface area contributed by atoms with Crippen molar-refractivity contribution in [3.05, 3.63) is 59.9 Å². The quantitative estimate of drug-likeness (QED) is 0.634. The minimum atomic E-state index is -1.11. The fourth-order valence-electron chi connectivity index (χ4n) is 4.37. The van der Waals surface area contributed by atoms with E-state index < -0.39 is 12.2 Å². The molecule has 0 unspecified atom stereocenters. The van der Waals surface area contributed by atoms with E-state index in [1.807, 2.05) is 24.3 Å². The average molecular weight is 423 g/mol. The second-order valence-electron chi connectivity index (χ2n) is 7.97. The molecule has 2 aliphatic heterocycles. The molecule has 31 heavy (non-hydrogen) atoms. The van der Waals surface area contributed by atoms with Gasteiger partial charge in [-0.3, -0.25) is 9.59 Å². The van der Waals surface area contributed by atoms with Crippen LogP contribution in [0.4, 0.5) is 10.1 Å². The van der Waals surface area contributed by atoms with Gasteiger partial charge in [0.15, 0.2) is 11.5 Å². The number of amides is 2. The zero-order valence-corrected chi connectivity index (χ0v) is 17.1. The van der Waals surface area contributed by atoms with E-state index in [0.29, 0.717) is 6.54 Å². The monoisotopic (exact) mass is 423 g/mol. The van der Waals surface area contributed by atoms with Gasteiger partial charge in [0, 0.05) is 38.1 Å². The van der Waals surface area contributed by atoms with Crippen molar-refractivity contribution in [2.24, 2.45) is 7.05 Å². The van der Waals surface area contributed by atoms with Crippen LogP contribution in [0.3, 0.4) is 0 Å². The number of likely N-dealkylation sites (tertiary alicyclic amines) is 1. The second-order valence-corrected chi connectivity index (χ2v) is 7.97. The maximum absolute atomic E-state index is 14.2. The number of alkyl halides is 1. The van der Waals surface area contributed by atoms with E-state index in [9.17, 15) is 14.0 Å². The molecule has 10 heteroatoms. The van der Waals surface area contributed by atoms with Gasteiger partial charge in [-0.05, 0) is 18.1 Å². The molecule has 0 N–H and O–H groups in total. The van der Waals surface area contributed by atoms with E-state index >= 15 is 0 Å². The Morgan fingerprint density at radius 3 is 2.87 bits per heavy atom. The molecule has 1 saturated heterocycles. The summed E-state index contributed by atoms with van der Waals surface area (Å²) in [6.45, 7) is 0.873. The lowest BCUT2D eigenvalue weighted by Crippen LogP contribution is -2.39. The van der Waals surface area contributed by atoms with Crippen LogP contribution in [0.15, 0.2) is 42.9 Å². The Kier molecular flexibility index (Phi) is 4.76. The highest BCUT2D eigenvalue weighted by Crippen LogP contribution is 2.28. The number of benzene rings is 1. The normalized spacial score (nSPS) is 20.3. The summed E-state index contributed by atoms with van der Waals surface area (Å²) < 4.78 is 17.3. The molecule has 2 atom stereocenters. The third-order valence-electron chi connectivity index (χ3n) is 5.92. The predicted molar refractivity (Wildman–Crippen MR) is 109 cm³/mol. The van der Waals surface area contributed by atoms with Crippen molar-refractivity contribution in [3.8, 4) is 0 Å². The van der Waals surface area contributed by atoms with Gasteiger partial charge in [0.05, 0.1) is 25.3 Å². The summed E-state index contributed by atoms with van der Waals surface area (Å²) >= 11 is 0. The molecule has 0 radical (unpaired) electrons. The number of carbonyl (C=O) groups excluding carboxylic acids is 2. The third-order valence-corrected chi connectivity index (χ3v) is 5.92. The number of fused-ring (bicyclic) bond motifs is 1. The minimum absolute atomic E-state index is 0.0153. The van der Waals surface area contributed by atoms with Gasteiger partial charge >= 0.3 is 0 Å². The number of rotatable bonds is 4. The largest absolute Gasteiger partial charge is 0.330 e. The molecule has 160 valence electrons. The van der Waals surface area contributed by atoms with E-state index in [-0.39, 0.29) is 42.8 Å². The first-order valence-corrected chi connectivity index (χ1v) is 10.2. The van der Waals surface area contributed by atoms with Crippen molar-refractivity contribution in [1.82, 2.24) is 29.4 Å². The van der Waals surface area contributed by atoms with Gasteiger partial charge in [0.25, 0.3) is 11.8 Å². The Labute approximate surface area is 178 Å². The van der Waals surface area contributed by atoms with E-state index in [4.69, 9.17) is 0 Å². The van der Waals surface area contributed by atoms with Crippen LogP contribution in [0.2, 0.25) is 0 Å². The molecular formula is C21H22FN7O2. The maximum atomic E-state index is 14.2. The van der Waals surface area contributed by atoms with E-state index in [2.05, 4.69) is 15.3 Å². The van der Waals surface area contributed by atoms with Gasteiger partial charge in [0.2, 0.25) is 0 Å². The van der Waals surface area contributed by atoms with Crippen LogP contribution in [0, 0.1) is 0 Å². The molecule has 4 heterocycles. The summed E-state index contributed by atoms with van der Waals surface area (Å²) in [5.74, 6) is -0.268. The molecule has 5 rings (SSSR count). The molecule has 2 aromatic heterocycles. The molecule has 2 amide bonds. The van der Waals surface area contributed by atoms with Gasteiger partial charge in [-0.1, -0.05) is 23.4 Å². The number of aromatic nitrogens is 5. The van der Waals surface area contributed by atoms with Gasteiger partial charge in [-0.2, -0.15) is 0 Å². The van der Waals surface area contributed by atoms with Crippen LogP contribution in [0.5, 0.6) is 0 Å². The fourth-order valence-corrected chi connectivity index (χ4v) is 4.37. The summed E-state index contributed by atoms with van der Waals surface area (Å²) in [6, 6.07) is 7.41. The molecule has 0 spiro atoms. The van der Waals surface area contributed by atoms with Crippen molar-refractivity contribution in [1.29, 1.82) is 0 Å². The summed E-state index contributed by atoms with van der Waals surface area (Å²) in [4.78, 5) is 33.1. The first-order valence-electron chi connectivity index (χ1n) is 10.2. The van der Waals surface area contributed by atoms with Crippen molar-refractivity contribution in [3.63, 3.8) is 0 Å². The molecule has 0 saturated carbocycles. The number of para-hydroxylation sites is 1. The van der Waals surface area contributed by atoms with Crippen molar-refractivity contribution in [2.45, 2.75) is 31.6 Å². The highest BCUT2D eigenvalue weighted by Gasteiger charge is 2.37. The lowest BCUT2D eigenvalue weighted by atomic mass is 10.2. The Bertz CT molecular complexity index is 1140. The number of halogens is 1. The molecule has 2 aliphatic rings. The molecule has 1 fully saturated rings. The standard InChI is InChI=1S/C21H22FN7O2/c1-26-9-7-23-19(26)21(31)29-11-15(22)10-16(29)12-27-13-17(24-25-27)20(30)28-8-6-14-4-2-3-5-18(14)28/h2-5,7,9,13,15-16H,6,8,10-12H2,1H3/t15-,16-/m0/s1. The summed E-state index contributed by atoms with van der Waals surface area (Å²) in [5.41, 5.74) is 2.25. The predicted octanol–water partition coefficient (Wildman–Crippen LogP) is 1.47. The van der Waals surface area contributed by atoms with Crippen LogP contribution in [0.25, 0.3) is 0 Å². The number of imidazole rings is 1. The van der Waals surface area contributed by atoms with Crippen LogP contribution >= 0.6 is 0 Å². The lowest BCUT2D eigenvalue weighted by Gasteiger charge is -2.23. The van der Waals surface area contributed by atoms with E-state index in [1.54, 1.807) is 28.9 Å². The Hall–Kier alpha value is -3.56. The molecule has 0 bridgehead atoms. The summed E-state index contributed by atoms with van der Waals surface area (Å²) in [6.07, 6.45) is 4.69. The summed E-state index contributed by atoms with van der Waals surface area (Å²) in [5, 5.41) is 8.10. The number of hydrogen-bond acceptors (Lipinski definition) is 5. The number of carbonyl (C=O) groups is 2. The van der Waals surface area contributed by atoms with Crippen LogP contribution in [-0.4, -0.2) is 66.6 Å². The molecule has 1 aromatic carbocycles. The smallest absolute Gasteiger partial charge is 0.290 e. The van der Waals surface area contributed by atoms with Crippen LogP contribution in [0.1, 0.15) is 33.1 Å². The van der Waals surface area contributed by atoms with Gasteiger partial charge in [0.1, 0.15) is 6.17 Å². The fraction of sp³-hybridized carbons (Fsp3) is 0.381. The van der Waals surface area contributed by atoms with Gasteiger partial charge < -0.3 is 14.4 Å². The molecule has 3 aromatic rings. The average Bonchev–Trinajstić information content (AvgIpc) is 3.54. The minimum Gasteiger partial charge on any atom is -0.330 e. The zero-order chi connectivity index (χ0) is 21.5. The van der Waals surface area contributed by atoms with Gasteiger partial charge in [-0.25, -0.2) is 14.1 Å². The zero-order valence-electron chi connectivity index (χ0n) is 17.1. The first kappa shape index (κ1) is 19.4. The number of nitrogens with zero attached hydrogens (tertiary/aromatic N) is 7.